The molecule has 0 unspecified atom stereocenters. The van der Waals surface area contributed by atoms with Crippen LogP contribution in [0.25, 0.3) is 22.7 Å². The lowest BCUT2D eigenvalue weighted by Gasteiger charge is -2.16. The molecule has 0 aliphatic carbocycles. The van der Waals surface area contributed by atoms with Crippen molar-refractivity contribution in [1.29, 1.82) is 0 Å². The van der Waals surface area contributed by atoms with E-state index in [4.69, 9.17) is 18.9 Å². The van der Waals surface area contributed by atoms with Gasteiger partial charge >= 0.3 is 5.97 Å². The van der Waals surface area contributed by atoms with Gasteiger partial charge in [-0.1, -0.05) is 49.4 Å². The number of carbonyl (C=O) groups excluding carboxylic acids is 1. The highest BCUT2D eigenvalue weighted by atomic mass is 16.5. The van der Waals surface area contributed by atoms with Crippen molar-refractivity contribution in [3.8, 4) is 28.5 Å². The first-order valence-electron chi connectivity index (χ1n) is 12.6. The number of furan rings is 1. The van der Waals surface area contributed by atoms with Gasteiger partial charge in [0.15, 0.2) is 0 Å². The molecule has 1 atom stereocenters. The number of esters is 1. The van der Waals surface area contributed by atoms with Crippen molar-refractivity contribution in [2.45, 2.75) is 46.6 Å². The Bertz CT molecular complexity index is 1240. The summed E-state index contributed by atoms with van der Waals surface area (Å²) in [5.74, 6) is 2.79. The second kappa shape index (κ2) is 12.2. The van der Waals surface area contributed by atoms with Crippen LogP contribution >= 0.6 is 0 Å². The highest BCUT2D eigenvalue weighted by molar-refractivity contribution is 5.69. The molecule has 0 radical (unpaired) electrons. The second-order valence-corrected chi connectivity index (χ2v) is 9.08. The summed E-state index contributed by atoms with van der Waals surface area (Å²) >= 11 is 0. The largest absolute Gasteiger partial charge is 0.493 e. The standard InChI is InChI=1S/C30H34N2O4/c1-4-34-29(33)19-22(2)9-7-17-36-28-11-6-5-10-26(28)21-32-23(3)20-31-30(32)25-15-13-24(14-16-25)27-12-8-18-35-27/h5-6,8,10-16,18,20,22H,4,7,9,17,19,21H2,1-3H3/t22-/m1/s1. The summed E-state index contributed by atoms with van der Waals surface area (Å²) in [6.07, 6.45) is 5.84. The van der Waals surface area contributed by atoms with Crippen LogP contribution in [0.3, 0.4) is 0 Å². The van der Waals surface area contributed by atoms with Crippen LogP contribution in [-0.4, -0.2) is 28.7 Å². The Morgan fingerprint density at radius 3 is 2.58 bits per heavy atom. The monoisotopic (exact) mass is 486 g/mol. The van der Waals surface area contributed by atoms with Crippen LogP contribution < -0.4 is 4.74 Å². The van der Waals surface area contributed by atoms with E-state index in [1.807, 2.05) is 43.5 Å². The minimum absolute atomic E-state index is 0.127. The van der Waals surface area contributed by atoms with Crippen molar-refractivity contribution < 1.29 is 18.7 Å². The van der Waals surface area contributed by atoms with E-state index >= 15 is 0 Å². The molecule has 4 rings (SSSR count). The number of benzene rings is 2. The van der Waals surface area contributed by atoms with Crippen LogP contribution in [0.2, 0.25) is 0 Å². The van der Waals surface area contributed by atoms with Crippen molar-refractivity contribution in [3.63, 3.8) is 0 Å². The van der Waals surface area contributed by atoms with Gasteiger partial charge in [0.05, 0.1) is 26.0 Å². The van der Waals surface area contributed by atoms with Crippen LogP contribution in [0.15, 0.2) is 77.5 Å². The molecule has 0 amide bonds. The normalized spacial score (nSPS) is 11.9. The smallest absolute Gasteiger partial charge is 0.306 e. The van der Waals surface area contributed by atoms with Crippen molar-refractivity contribution in [2.75, 3.05) is 13.2 Å². The van der Waals surface area contributed by atoms with Crippen molar-refractivity contribution in [2.24, 2.45) is 5.92 Å². The summed E-state index contributed by atoms with van der Waals surface area (Å²) in [4.78, 5) is 16.4. The summed E-state index contributed by atoms with van der Waals surface area (Å²) in [6.45, 7) is 7.68. The van der Waals surface area contributed by atoms with E-state index in [2.05, 4.69) is 48.7 Å². The number of aromatic nitrogens is 2. The van der Waals surface area contributed by atoms with Crippen LogP contribution in [0.5, 0.6) is 5.75 Å². The maximum atomic E-state index is 11.7. The van der Waals surface area contributed by atoms with E-state index in [0.29, 0.717) is 26.2 Å². The fourth-order valence-corrected chi connectivity index (χ4v) is 4.28. The molecule has 0 saturated heterocycles. The Morgan fingerprint density at radius 1 is 1.06 bits per heavy atom. The Hall–Kier alpha value is -3.80. The summed E-state index contributed by atoms with van der Waals surface area (Å²) in [7, 11) is 0. The van der Waals surface area contributed by atoms with Gasteiger partial charge in [0.2, 0.25) is 0 Å². The van der Waals surface area contributed by atoms with Gasteiger partial charge in [-0.25, -0.2) is 4.98 Å². The molecule has 4 aromatic rings. The second-order valence-electron chi connectivity index (χ2n) is 9.08. The van der Waals surface area contributed by atoms with Crippen LogP contribution in [0, 0.1) is 12.8 Å². The molecule has 36 heavy (non-hydrogen) atoms. The predicted octanol–water partition coefficient (Wildman–Crippen LogP) is 6.92. The van der Waals surface area contributed by atoms with Crippen molar-refractivity contribution in [1.82, 2.24) is 9.55 Å². The molecular weight excluding hydrogens is 452 g/mol. The lowest BCUT2D eigenvalue weighted by atomic mass is 10.0. The maximum absolute atomic E-state index is 11.7. The van der Waals surface area contributed by atoms with Gasteiger partial charge in [0.25, 0.3) is 0 Å². The third kappa shape index (κ3) is 6.45. The molecule has 0 spiro atoms. The summed E-state index contributed by atoms with van der Waals surface area (Å²) < 4.78 is 18.9. The zero-order chi connectivity index (χ0) is 25.3. The topological polar surface area (TPSA) is 66.5 Å². The zero-order valence-electron chi connectivity index (χ0n) is 21.3. The Kier molecular flexibility index (Phi) is 8.61. The van der Waals surface area contributed by atoms with E-state index in [1.165, 1.54) is 0 Å². The maximum Gasteiger partial charge on any atom is 0.306 e. The Labute approximate surface area is 212 Å². The molecule has 6 heteroatoms. The lowest BCUT2D eigenvalue weighted by Crippen LogP contribution is -2.11. The van der Waals surface area contributed by atoms with E-state index in [1.54, 1.807) is 6.26 Å². The number of imidazole rings is 1. The van der Waals surface area contributed by atoms with Gasteiger partial charge in [-0.05, 0) is 50.8 Å². The third-order valence-electron chi connectivity index (χ3n) is 6.22. The summed E-state index contributed by atoms with van der Waals surface area (Å²) in [5, 5.41) is 0. The fourth-order valence-electron chi connectivity index (χ4n) is 4.28. The van der Waals surface area contributed by atoms with Crippen molar-refractivity contribution >= 4 is 5.97 Å². The molecule has 2 heterocycles. The number of rotatable bonds is 12. The molecular formula is C30H34N2O4. The molecule has 6 nitrogen and oxygen atoms in total. The lowest BCUT2D eigenvalue weighted by molar-refractivity contribution is -0.144. The molecule has 0 fully saturated rings. The van der Waals surface area contributed by atoms with Gasteiger partial charge in [-0.2, -0.15) is 0 Å². The minimum Gasteiger partial charge on any atom is -0.493 e. The number of aryl methyl sites for hydroxylation is 1. The predicted molar refractivity (Wildman–Crippen MR) is 141 cm³/mol. The van der Waals surface area contributed by atoms with Gasteiger partial charge in [0.1, 0.15) is 17.3 Å². The Morgan fingerprint density at radius 2 is 1.83 bits per heavy atom. The number of hydrogen-bond donors (Lipinski definition) is 0. The highest BCUT2D eigenvalue weighted by Gasteiger charge is 2.14. The molecule has 0 saturated carbocycles. The quantitative estimate of drug-likeness (QED) is 0.161. The van der Waals surface area contributed by atoms with Crippen LogP contribution in [0.1, 0.15) is 44.4 Å². The molecule has 0 N–H and O–H groups in total. The zero-order valence-corrected chi connectivity index (χ0v) is 21.3. The van der Waals surface area contributed by atoms with Crippen molar-refractivity contribution in [3.05, 3.63) is 84.4 Å². The average molecular weight is 487 g/mol. The fraction of sp³-hybridized carbons (Fsp3) is 0.333. The van der Waals surface area contributed by atoms with Gasteiger partial charge in [-0.15, -0.1) is 0 Å². The Balaban J connectivity index is 1.40. The van der Waals surface area contributed by atoms with E-state index in [0.717, 1.165) is 52.6 Å². The number of nitrogens with zero attached hydrogens (tertiary/aromatic N) is 2. The van der Waals surface area contributed by atoms with Gasteiger partial charge < -0.3 is 18.5 Å². The first kappa shape index (κ1) is 25.3. The highest BCUT2D eigenvalue weighted by Crippen LogP contribution is 2.27. The first-order valence-corrected chi connectivity index (χ1v) is 12.6. The van der Waals surface area contributed by atoms with Gasteiger partial charge in [-0.3, -0.25) is 4.79 Å². The average Bonchev–Trinajstić information content (AvgIpc) is 3.54. The molecule has 0 aliphatic rings. The van der Waals surface area contributed by atoms with E-state index < -0.39 is 0 Å². The number of ether oxygens (including phenoxy) is 2. The third-order valence-corrected chi connectivity index (χ3v) is 6.22. The summed E-state index contributed by atoms with van der Waals surface area (Å²) in [5.41, 5.74) is 4.27. The van der Waals surface area contributed by atoms with Crippen LogP contribution in [-0.2, 0) is 16.1 Å². The molecule has 2 aromatic heterocycles. The molecule has 2 aromatic carbocycles. The number of para-hydroxylation sites is 1. The molecule has 0 bridgehead atoms. The van der Waals surface area contributed by atoms with E-state index in [-0.39, 0.29) is 11.9 Å². The minimum atomic E-state index is -0.127. The number of carbonyl (C=O) groups is 1. The number of hydrogen-bond acceptors (Lipinski definition) is 5. The van der Waals surface area contributed by atoms with E-state index in [9.17, 15) is 4.79 Å². The summed E-state index contributed by atoms with van der Waals surface area (Å²) in [6, 6.07) is 20.3. The molecule has 188 valence electrons. The molecule has 0 aliphatic heterocycles. The SMILES string of the molecule is CCOC(=O)C[C@H](C)CCCOc1ccccc1Cn1c(C)cnc1-c1ccc(-c2ccco2)cc1. The first-order chi connectivity index (χ1) is 17.5. The van der Waals surface area contributed by atoms with Crippen LogP contribution in [0.4, 0.5) is 0 Å². The van der Waals surface area contributed by atoms with Gasteiger partial charge in [0, 0.05) is 35.0 Å².